The van der Waals surface area contributed by atoms with Crippen molar-refractivity contribution in [1.82, 2.24) is 5.43 Å². The smallest absolute Gasteiger partial charge is 0.131 e. The van der Waals surface area contributed by atoms with E-state index in [0.717, 1.165) is 14.7 Å². The van der Waals surface area contributed by atoms with Crippen LogP contribution in [0.15, 0.2) is 36.4 Å². The lowest BCUT2D eigenvalue weighted by Gasteiger charge is -2.20. The van der Waals surface area contributed by atoms with Gasteiger partial charge in [0.2, 0.25) is 0 Å². The largest absolute Gasteiger partial charge is 0.271 e. The van der Waals surface area contributed by atoms with E-state index in [9.17, 15) is 8.78 Å². The second-order valence-electron chi connectivity index (χ2n) is 4.21. The Hall–Kier alpha value is -1.05. The van der Waals surface area contributed by atoms with E-state index in [4.69, 9.17) is 5.84 Å². The summed E-state index contributed by atoms with van der Waals surface area (Å²) < 4.78 is 28.7. The zero-order valence-corrected chi connectivity index (χ0v) is 12.4. The van der Waals surface area contributed by atoms with E-state index in [1.54, 1.807) is 0 Å². The van der Waals surface area contributed by atoms with Gasteiger partial charge in [0, 0.05) is 9.13 Å². The number of nitrogens with one attached hydrogen (secondary N) is 1. The van der Waals surface area contributed by atoms with Crippen LogP contribution in [0.3, 0.4) is 0 Å². The average molecular weight is 374 g/mol. The van der Waals surface area contributed by atoms with Crippen LogP contribution in [0.5, 0.6) is 0 Å². The molecule has 0 aliphatic carbocycles. The van der Waals surface area contributed by atoms with E-state index in [0.29, 0.717) is 0 Å². The fourth-order valence-electron chi connectivity index (χ4n) is 2.01. The molecule has 0 bridgehead atoms. The molecule has 5 heteroatoms. The fourth-order valence-corrected chi connectivity index (χ4v) is 2.68. The summed E-state index contributed by atoms with van der Waals surface area (Å²) in [6.07, 6.45) is 0. The number of hydrogen-bond acceptors (Lipinski definition) is 2. The van der Waals surface area contributed by atoms with Crippen LogP contribution in [-0.4, -0.2) is 0 Å². The first-order valence-electron chi connectivity index (χ1n) is 5.71. The Balaban J connectivity index is 2.60. The van der Waals surface area contributed by atoms with Crippen LogP contribution >= 0.6 is 22.6 Å². The number of aryl methyl sites for hydroxylation is 1. The number of hydrogen-bond donors (Lipinski definition) is 2. The number of benzene rings is 2. The van der Waals surface area contributed by atoms with E-state index in [1.165, 1.54) is 18.2 Å². The SMILES string of the molecule is Cc1cccc(C(NN)c2c(F)cccc2F)c1I. The van der Waals surface area contributed by atoms with Gasteiger partial charge in [-0.1, -0.05) is 24.3 Å². The highest BCUT2D eigenvalue weighted by atomic mass is 127. The molecule has 2 nitrogen and oxygen atoms in total. The van der Waals surface area contributed by atoms with Gasteiger partial charge < -0.3 is 0 Å². The van der Waals surface area contributed by atoms with Crippen molar-refractivity contribution in [2.45, 2.75) is 13.0 Å². The van der Waals surface area contributed by atoms with Crippen molar-refractivity contribution in [3.8, 4) is 0 Å². The number of nitrogens with two attached hydrogens (primary N) is 1. The fraction of sp³-hybridized carbons (Fsp3) is 0.143. The summed E-state index contributed by atoms with van der Waals surface area (Å²) in [4.78, 5) is 0. The van der Waals surface area contributed by atoms with Crippen LogP contribution < -0.4 is 11.3 Å². The highest BCUT2D eigenvalue weighted by molar-refractivity contribution is 14.1. The molecule has 0 saturated heterocycles. The molecule has 0 heterocycles. The number of rotatable bonds is 3. The summed E-state index contributed by atoms with van der Waals surface area (Å²) in [5.41, 5.74) is 4.23. The van der Waals surface area contributed by atoms with E-state index in [-0.39, 0.29) is 5.56 Å². The second kappa shape index (κ2) is 5.94. The van der Waals surface area contributed by atoms with E-state index in [1.807, 2.05) is 25.1 Å². The zero-order chi connectivity index (χ0) is 14.0. The molecule has 2 aromatic carbocycles. The van der Waals surface area contributed by atoms with Crippen LogP contribution in [0.2, 0.25) is 0 Å². The minimum Gasteiger partial charge on any atom is -0.271 e. The minimum absolute atomic E-state index is 0.0616. The summed E-state index contributed by atoms with van der Waals surface area (Å²) in [5, 5.41) is 0. The maximum Gasteiger partial charge on any atom is 0.131 e. The topological polar surface area (TPSA) is 38.0 Å². The molecule has 100 valence electrons. The van der Waals surface area contributed by atoms with Crippen molar-refractivity contribution in [3.05, 3.63) is 68.3 Å². The summed E-state index contributed by atoms with van der Waals surface area (Å²) >= 11 is 2.15. The maximum absolute atomic E-state index is 13.9. The first-order chi connectivity index (χ1) is 9.06. The molecule has 0 fully saturated rings. The molecule has 19 heavy (non-hydrogen) atoms. The Morgan fingerprint density at radius 2 is 1.68 bits per heavy atom. The molecule has 0 aliphatic heterocycles. The van der Waals surface area contributed by atoms with Gasteiger partial charge in [-0.15, -0.1) is 0 Å². The van der Waals surface area contributed by atoms with Crippen molar-refractivity contribution in [2.24, 2.45) is 5.84 Å². The first-order valence-corrected chi connectivity index (χ1v) is 6.79. The predicted octanol–water partition coefficient (Wildman–Crippen LogP) is 3.43. The maximum atomic E-state index is 13.9. The lowest BCUT2D eigenvalue weighted by molar-refractivity contribution is 0.509. The minimum atomic E-state index is -0.715. The first kappa shape index (κ1) is 14.4. The summed E-state index contributed by atoms with van der Waals surface area (Å²) in [6, 6.07) is 8.67. The van der Waals surface area contributed by atoms with E-state index < -0.39 is 17.7 Å². The van der Waals surface area contributed by atoms with Gasteiger partial charge in [-0.3, -0.25) is 5.84 Å². The molecule has 1 unspecified atom stereocenters. The van der Waals surface area contributed by atoms with Crippen molar-refractivity contribution in [2.75, 3.05) is 0 Å². The lowest BCUT2D eigenvalue weighted by atomic mass is 9.97. The van der Waals surface area contributed by atoms with Gasteiger partial charge in [-0.2, -0.15) is 0 Å². The van der Waals surface area contributed by atoms with E-state index >= 15 is 0 Å². The molecule has 0 saturated carbocycles. The van der Waals surface area contributed by atoms with Gasteiger partial charge >= 0.3 is 0 Å². The Morgan fingerprint density at radius 1 is 1.11 bits per heavy atom. The third kappa shape index (κ3) is 2.77. The van der Waals surface area contributed by atoms with Gasteiger partial charge in [0.05, 0.1) is 6.04 Å². The molecule has 0 amide bonds. The van der Waals surface area contributed by atoms with Crippen LogP contribution in [0.1, 0.15) is 22.7 Å². The third-order valence-corrected chi connectivity index (χ3v) is 4.46. The second-order valence-corrected chi connectivity index (χ2v) is 5.29. The van der Waals surface area contributed by atoms with Gasteiger partial charge in [0.15, 0.2) is 0 Å². The predicted molar refractivity (Wildman–Crippen MR) is 79.4 cm³/mol. The molecule has 2 aromatic rings. The third-order valence-electron chi connectivity index (χ3n) is 2.99. The molecule has 0 radical (unpaired) electrons. The molecular weight excluding hydrogens is 361 g/mol. The van der Waals surface area contributed by atoms with Crippen LogP contribution in [0.25, 0.3) is 0 Å². The Morgan fingerprint density at radius 3 is 2.26 bits per heavy atom. The van der Waals surface area contributed by atoms with Crippen molar-refractivity contribution < 1.29 is 8.78 Å². The molecule has 0 aromatic heterocycles. The lowest BCUT2D eigenvalue weighted by Crippen LogP contribution is -2.31. The van der Waals surface area contributed by atoms with Crippen LogP contribution in [0, 0.1) is 22.1 Å². The normalized spacial score (nSPS) is 12.5. The van der Waals surface area contributed by atoms with Gasteiger partial charge in [0.25, 0.3) is 0 Å². The highest BCUT2D eigenvalue weighted by Crippen LogP contribution is 2.30. The van der Waals surface area contributed by atoms with Crippen molar-refractivity contribution in [1.29, 1.82) is 0 Å². The summed E-state index contributed by atoms with van der Waals surface area (Å²) in [5.74, 6) is 4.29. The van der Waals surface area contributed by atoms with E-state index in [2.05, 4.69) is 28.0 Å². The van der Waals surface area contributed by atoms with Crippen molar-refractivity contribution >= 4 is 22.6 Å². The molecule has 0 spiro atoms. The molecule has 2 rings (SSSR count). The molecular formula is C14H13F2IN2. The van der Waals surface area contributed by atoms with Gasteiger partial charge in [-0.05, 0) is 52.8 Å². The van der Waals surface area contributed by atoms with Gasteiger partial charge in [0.1, 0.15) is 11.6 Å². The van der Waals surface area contributed by atoms with Gasteiger partial charge in [-0.25, -0.2) is 14.2 Å². The number of halogens is 3. The van der Waals surface area contributed by atoms with Crippen LogP contribution in [-0.2, 0) is 0 Å². The van der Waals surface area contributed by atoms with Crippen LogP contribution in [0.4, 0.5) is 8.78 Å². The average Bonchev–Trinajstić information content (AvgIpc) is 2.38. The summed E-state index contributed by atoms with van der Waals surface area (Å²) in [6.45, 7) is 1.94. The molecule has 0 aliphatic rings. The standard InChI is InChI=1S/C14H13F2IN2/c1-8-4-2-5-9(13(8)17)14(19-18)12-10(15)6-3-7-11(12)16/h2-7,14,19H,18H2,1H3. The monoisotopic (exact) mass is 374 g/mol. The Kier molecular flexibility index (Phi) is 4.49. The molecule has 1 atom stereocenters. The Bertz CT molecular complexity index is 582. The highest BCUT2D eigenvalue weighted by Gasteiger charge is 2.22. The van der Waals surface area contributed by atoms with Crippen molar-refractivity contribution in [3.63, 3.8) is 0 Å². The zero-order valence-electron chi connectivity index (χ0n) is 10.3. The summed E-state index contributed by atoms with van der Waals surface area (Å²) in [7, 11) is 0. The number of hydrazine groups is 1. The Labute approximate surface area is 124 Å². The quantitative estimate of drug-likeness (QED) is 0.491. The molecule has 3 N–H and O–H groups in total.